The summed E-state index contributed by atoms with van der Waals surface area (Å²) in [5.74, 6) is 4.18. The summed E-state index contributed by atoms with van der Waals surface area (Å²) in [4.78, 5) is 0. The van der Waals surface area contributed by atoms with Gasteiger partial charge in [0.1, 0.15) is 7.85 Å². The zero-order valence-electron chi connectivity index (χ0n) is 15.4. The molecule has 3 saturated carbocycles. The molecule has 0 aromatic rings. The Labute approximate surface area is 140 Å². The van der Waals surface area contributed by atoms with E-state index in [0.29, 0.717) is 5.31 Å². The molecule has 0 aromatic carbocycles. The van der Waals surface area contributed by atoms with Gasteiger partial charge in [0.15, 0.2) is 0 Å². The van der Waals surface area contributed by atoms with Crippen LogP contribution in [0.1, 0.15) is 103 Å². The van der Waals surface area contributed by atoms with Gasteiger partial charge in [0, 0.05) is 0 Å². The molecule has 0 saturated heterocycles. The van der Waals surface area contributed by atoms with Gasteiger partial charge in [0.05, 0.1) is 0 Å². The second-order valence-electron chi connectivity index (χ2n) is 9.42. The van der Waals surface area contributed by atoms with Crippen LogP contribution in [-0.4, -0.2) is 7.85 Å². The summed E-state index contributed by atoms with van der Waals surface area (Å²) >= 11 is 0. The minimum absolute atomic E-state index is 0.664. The summed E-state index contributed by atoms with van der Waals surface area (Å²) in [6.07, 6.45) is 22.9. The molecular weight excluding hydrogens is 263 g/mol. The van der Waals surface area contributed by atoms with E-state index in [0.717, 1.165) is 23.7 Å². The first kappa shape index (κ1) is 16.9. The maximum Gasteiger partial charge on any atom is 0.109 e. The van der Waals surface area contributed by atoms with E-state index >= 15 is 0 Å². The Bertz CT molecular complexity index is 329. The molecule has 0 aliphatic heterocycles. The van der Waals surface area contributed by atoms with Crippen LogP contribution in [0.5, 0.6) is 0 Å². The SMILES string of the molecule is BC1(C2C(C)CCCC3CCCCCC32)CCCCCCC1. The molecule has 0 heterocycles. The standard InChI is InChI=1S/C21H39B/c1-17-11-10-13-18-12-6-5-7-14-19(18)20(17)21(22)15-8-3-2-4-9-16-21/h17-20H,2-16,22H2,1H3. The van der Waals surface area contributed by atoms with Crippen molar-refractivity contribution >= 4 is 7.85 Å². The quantitative estimate of drug-likeness (QED) is 0.509. The molecule has 0 radical (unpaired) electrons. The lowest BCUT2D eigenvalue weighted by Gasteiger charge is -2.48. The van der Waals surface area contributed by atoms with Gasteiger partial charge >= 0.3 is 0 Å². The third kappa shape index (κ3) is 3.76. The first-order chi connectivity index (χ1) is 10.7. The predicted octanol–water partition coefficient (Wildman–Crippen LogP) is 6.16. The number of fused-ring (bicyclic) bond motifs is 1. The second-order valence-corrected chi connectivity index (χ2v) is 9.42. The van der Waals surface area contributed by atoms with Crippen LogP contribution < -0.4 is 0 Å². The van der Waals surface area contributed by atoms with Gasteiger partial charge in [-0.2, -0.15) is 0 Å². The molecule has 3 rings (SSSR count). The fourth-order valence-corrected chi connectivity index (χ4v) is 6.80. The van der Waals surface area contributed by atoms with Gasteiger partial charge in [-0.3, -0.25) is 0 Å². The van der Waals surface area contributed by atoms with Gasteiger partial charge in [-0.05, 0) is 30.1 Å². The van der Waals surface area contributed by atoms with E-state index in [4.69, 9.17) is 0 Å². The number of hydrogen-bond donors (Lipinski definition) is 0. The van der Waals surface area contributed by atoms with Gasteiger partial charge < -0.3 is 0 Å². The van der Waals surface area contributed by atoms with Crippen LogP contribution in [0.15, 0.2) is 0 Å². The normalized spacial score (nSPS) is 40.6. The monoisotopic (exact) mass is 302 g/mol. The molecule has 0 N–H and O–H groups in total. The molecule has 0 spiro atoms. The van der Waals surface area contributed by atoms with Crippen molar-refractivity contribution in [1.82, 2.24) is 0 Å². The maximum atomic E-state index is 2.72. The van der Waals surface area contributed by atoms with Crippen molar-refractivity contribution in [2.45, 2.75) is 109 Å². The Kier molecular flexibility index (Phi) is 5.96. The van der Waals surface area contributed by atoms with Gasteiger partial charge in [0.25, 0.3) is 0 Å². The summed E-state index contributed by atoms with van der Waals surface area (Å²) in [7, 11) is 2.72. The van der Waals surface area contributed by atoms with Crippen LogP contribution in [0.3, 0.4) is 0 Å². The zero-order chi connectivity index (χ0) is 15.4. The van der Waals surface area contributed by atoms with Gasteiger partial charge in [-0.15, -0.1) is 0 Å². The first-order valence-corrected chi connectivity index (χ1v) is 10.7. The van der Waals surface area contributed by atoms with Crippen molar-refractivity contribution in [2.24, 2.45) is 23.7 Å². The lowest BCUT2D eigenvalue weighted by atomic mass is 9.48. The Morgan fingerprint density at radius 2 is 1.27 bits per heavy atom. The van der Waals surface area contributed by atoms with Crippen molar-refractivity contribution < 1.29 is 0 Å². The van der Waals surface area contributed by atoms with Crippen LogP contribution in [0.2, 0.25) is 5.31 Å². The number of rotatable bonds is 1. The molecule has 0 bridgehead atoms. The molecule has 3 fully saturated rings. The van der Waals surface area contributed by atoms with Gasteiger partial charge in [-0.1, -0.05) is 102 Å². The highest BCUT2D eigenvalue weighted by Gasteiger charge is 2.45. The Balaban J connectivity index is 1.84. The average Bonchev–Trinajstić information content (AvgIpc) is 2.77. The van der Waals surface area contributed by atoms with E-state index in [1.807, 2.05) is 0 Å². The minimum Gasteiger partial charge on any atom is -0.0622 e. The van der Waals surface area contributed by atoms with Crippen molar-refractivity contribution in [2.75, 3.05) is 0 Å². The Morgan fingerprint density at radius 3 is 2.05 bits per heavy atom. The van der Waals surface area contributed by atoms with Crippen LogP contribution in [0.25, 0.3) is 0 Å². The second kappa shape index (κ2) is 7.76. The molecule has 0 aromatic heterocycles. The van der Waals surface area contributed by atoms with E-state index in [-0.39, 0.29) is 0 Å². The molecule has 1 heteroatoms. The topological polar surface area (TPSA) is 0 Å². The average molecular weight is 302 g/mol. The molecule has 0 amide bonds. The summed E-state index contributed by atoms with van der Waals surface area (Å²) in [5.41, 5.74) is 0. The fraction of sp³-hybridized carbons (Fsp3) is 1.00. The largest absolute Gasteiger partial charge is 0.109 e. The number of hydrogen-bond acceptors (Lipinski definition) is 0. The van der Waals surface area contributed by atoms with E-state index in [1.165, 1.54) is 77.0 Å². The first-order valence-electron chi connectivity index (χ1n) is 10.7. The van der Waals surface area contributed by atoms with Crippen LogP contribution in [-0.2, 0) is 0 Å². The molecule has 126 valence electrons. The van der Waals surface area contributed by atoms with E-state index < -0.39 is 0 Å². The third-order valence-electron chi connectivity index (χ3n) is 7.83. The highest BCUT2D eigenvalue weighted by molar-refractivity contribution is 6.15. The lowest BCUT2D eigenvalue weighted by molar-refractivity contribution is 0.106. The van der Waals surface area contributed by atoms with Gasteiger partial charge in [0.2, 0.25) is 0 Å². The summed E-state index contributed by atoms with van der Waals surface area (Å²) in [5, 5.41) is 0.664. The van der Waals surface area contributed by atoms with Crippen molar-refractivity contribution in [1.29, 1.82) is 0 Å². The van der Waals surface area contributed by atoms with E-state index in [9.17, 15) is 0 Å². The summed E-state index contributed by atoms with van der Waals surface area (Å²) in [6, 6.07) is 0. The molecule has 0 nitrogen and oxygen atoms in total. The fourth-order valence-electron chi connectivity index (χ4n) is 6.80. The smallest absolute Gasteiger partial charge is 0.0622 e. The van der Waals surface area contributed by atoms with E-state index in [1.54, 1.807) is 19.3 Å². The zero-order valence-corrected chi connectivity index (χ0v) is 15.4. The molecule has 3 aliphatic rings. The molecular formula is C21H39B. The summed E-state index contributed by atoms with van der Waals surface area (Å²) in [6.45, 7) is 2.63. The predicted molar refractivity (Wildman–Crippen MR) is 100 cm³/mol. The van der Waals surface area contributed by atoms with Crippen molar-refractivity contribution in [3.05, 3.63) is 0 Å². The third-order valence-corrected chi connectivity index (χ3v) is 7.83. The Morgan fingerprint density at radius 1 is 0.682 bits per heavy atom. The molecule has 4 atom stereocenters. The van der Waals surface area contributed by atoms with Crippen molar-refractivity contribution in [3.8, 4) is 0 Å². The maximum absolute atomic E-state index is 2.72. The molecule has 3 aliphatic carbocycles. The molecule has 22 heavy (non-hydrogen) atoms. The molecule has 4 unspecified atom stereocenters. The van der Waals surface area contributed by atoms with Gasteiger partial charge in [-0.25, -0.2) is 0 Å². The minimum atomic E-state index is 0.664. The summed E-state index contributed by atoms with van der Waals surface area (Å²) < 4.78 is 0. The van der Waals surface area contributed by atoms with Crippen molar-refractivity contribution in [3.63, 3.8) is 0 Å². The van der Waals surface area contributed by atoms with Crippen LogP contribution in [0.4, 0.5) is 0 Å². The van der Waals surface area contributed by atoms with Crippen LogP contribution in [0, 0.1) is 23.7 Å². The van der Waals surface area contributed by atoms with E-state index in [2.05, 4.69) is 14.8 Å². The van der Waals surface area contributed by atoms with Crippen LogP contribution >= 0.6 is 0 Å². The highest BCUT2D eigenvalue weighted by Crippen LogP contribution is 2.57. The lowest BCUT2D eigenvalue weighted by Crippen LogP contribution is -2.37. The highest BCUT2D eigenvalue weighted by atomic mass is 14.5. The Hall–Kier alpha value is 0.0649.